The minimum absolute atomic E-state index is 0.0650. The van der Waals surface area contributed by atoms with Crippen molar-refractivity contribution in [3.8, 4) is 0 Å². The van der Waals surface area contributed by atoms with Crippen LogP contribution in [0, 0.1) is 5.82 Å². The SMILES string of the molecule is NC(=O)c1ccc(N[C@@H]2CCCC[C@@H]2N)nc1Nc1cncc(F)c1. The van der Waals surface area contributed by atoms with Gasteiger partial charge in [0.1, 0.15) is 17.5 Å². The number of amides is 1. The molecule has 0 spiro atoms. The highest BCUT2D eigenvalue weighted by Crippen LogP contribution is 2.24. The summed E-state index contributed by atoms with van der Waals surface area (Å²) < 4.78 is 13.3. The van der Waals surface area contributed by atoms with Gasteiger partial charge in [-0.2, -0.15) is 0 Å². The predicted octanol–water partition coefficient (Wildman–Crippen LogP) is 2.14. The molecule has 0 radical (unpaired) electrons. The monoisotopic (exact) mass is 344 g/mol. The lowest BCUT2D eigenvalue weighted by Crippen LogP contribution is -2.42. The Bertz CT molecular complexity index is 769. The molecule has 2 atom stereocenters. The van der Waals surface area contributed by atoms with Crippen molar-refractivity contribution in [1.29, 1.82) is 0 Å². The maximum absolute atomic E-state index is 13.3. The van der Waals surface area contributed by atoms with Crippen LogP contribution in [0.3, 0.4) is 0 Å². The standard InChI is InChI=1S/C17H21FN6O/c18-10-7-11(9-21-8-10)22-17-12(16(20)25)5-6-15(24-17)23-14-4-2-1-3-13(14)19/h5-9,13-14H,1-4,19H2,(H2,20,25)(H2,22,23,24)/t13-,14+/m0/s1. The van der Waals surface area contributed by atoms with E-state index in [0.29, 0.717) is 11.5 Å². The van der Waals surface area contributed by atoms with Gasteiger partial charge in [-0.15, -0.1) is 0 Å². The number of rotatable bonds is 5. The van der Waals surface area contributed by atoms with Crippen molar-refractivity contribution in [1.82, 2.24) is 9.97 Å². The summed E-state index contributed by atoms with van der Waals surface area (Å²) in [5.74, 6) is -0.290. The van der Waals surface area contributed by atoms with Gasteiger partial charge < -0.3 is 22.1 Å². The molecule has 2 aromatic rings. The summed E-state index contributed by atoms with van der Waals surface area (Å²) >= 11 is 0. The van der Waals surface area contributed by atoms with Crippen molar-refractivity contribution < 1.29 is 9.18 Å². The number of pyridine rings is 2. The molecule has 0 bridgehead atoms. The Hall–Kier alpha value is -2.74. The van der Waals surface area contributed by atoms with E-state index in [0.717, 1.165) is 31.9 Å². The molecule has 2 aromatic heterocycles. The molecule has 0 aromatic carbocycles. The minimum atomic E-state index is -0.625. The Kier molecular flexibility index (Phi) is 5.08. The zero-order chi connectivity index (χ0) is 17.8. The third kappa shape index (κ3) is 4.21. The first-order valence-corrected chi connectivity index (χ1v) is 8.23. The molecule has 1 fully saturated rings. The van der Waals surface area contributed by atoms with Crippen LogP contribution in [0.25, 0.3) is 0 Å². The van der Waals surface area contributed by atoms with E-state index < -0.39 is 11.7 Å². The van der Waals surface area contributed by atoms with Crippen molar-refractivity contribution in [3.63, 3.8) is 0 Å². The van der Waals surface area contributed by atoms with E-state index in [4.69, 9.17) is 11.5 Å². The number of primary amides is 1. The molecule has 1 amide bonds. The Morgan fingerprint density at radius 1 is 1.24 bits per heavy atom. The van der Waals surface area contributed by atoms with Gasteiger partial charge >= 0.3 is 0 Å². The number of nitrogens with zero attached hydrogens (tertiary/aromatic N) is 2. The fraction of sp³-hybridized carbons (Fsp3) is 0.353. The van der Waals surface area contributed by atoms with Crippen LogP contribution in [0.5, 0.6) is 0 Å². The maximum Gasteiger partial charge on any atom is 0.252 e. The van der Waals surface area contributed by atoms with Gasteiger partial charge in [0, 0.05) is 18.2 Å². The summed E-state index contributed by atoms with van der Waals surface area (Å²) in [6.45, 7) is 0. The average molecular weight is 344 g/mol. The van der Waals surface area contributed by atoms with Crippen LogP contribution < -0.4 is 22.1 Å². The van der Waals surface area contributed by atoms with Crippen LogP contribution in [0.15, 0.2) is 30.6 Å². The molecule has 1 saturated carbocycles. The van der Waals surface area contributed by atoms with E-state index in [9.17, 15) is 9.18 Å². The summed E-state index contributed by atoms with van der Waals surface area (Å²) in [7, 11) is 0. The summed E-state index contributed by atoms with van der Waals surface area (Å²) in [5, 5.41) is 6.21. The molecule has 0 unspecified atom stereocenters. The van der Waals surface area contributed by atoms with E-state index in [1.807, 2.05) is 0 Å². The van der Waals surface area contributed by atoms with Gasteiger partial charge in [-0.05, 0) is 25.0 Å². The Morgan fingerprint density at radius 3 is 2.76 bits per heavy atom. The molecule has 0 aliphatic heterocycles. The number of nitrogens with one attached hydrogen (secondary N) is 2. The molecule has 132 valence electrons. The first-order valence-electron chi connectivity index (χ1n) is 8.23. The van der Waals surface area contributed by atoms with Crippen LogP contribution in [-0.4, -0.2) is 28.0 Å². The van der Waals surface area contributed by atoms with Crippen LogP contribution in [0.2, 0.25) is 0 Å². The Balaban J connectivity index is 1.85. The number of hydrogen-bond donors (Lipinski definition) is 4. The second kappa shape index (κ2) is 7.43. The zero-order valence-corrected chi connectivity index (χ0v) is 13.7. The van der Waals surface area contributed by atoms with Gasteiger partial charge in [0.15, 0.2) is 0 Å². The lowest BCUT2D eigenvalue weighted by molar-refractivity contribution is 0.100. The molecule has 2 heterocycles. The molecular formula is C17H21FN6O. The van der Waals surface area contributed by atoms with Gasteiger partial charge in [-0.1, -0.05) is 12.8 Å². The molecule has 0 saturated heterocycles. The van der Waals surface area contributed by atoms with Crippen molar-refractivity contribution in [3.05, 3.63) is 42.0 Å². The number of aromatic nitrogens is 2. The highest BCUT2D eigenvalue weighted by atomic mass is 19.1. The van der Waals surface area contributed by atoms with Crippen molar-refractivity contribution in [2.45, 2.75) is 37.8 Å². The molecule has 3 rings (SSSR count). The van der Waals surface area contributed by atoms with E-state index in [1.54, 1.807) is 12.1 Å². The molecule has 1 aliphatic rings. The smallest absolute Gasteiger partial charge is 0.252 e. The maximum atomic E-state index is 13.3. The van der Waals surface area contributed by atoms with Crippen molar-refractivity contribution >= 4 is 23.2 Å². The number of halogens is 1. The largest absolute Gasteiger partial charge is 0.366 e. The van der Waals surface area contributed by atoms with E-state index in [-0.39, 0.29) is 23.5 Å². The van der Waals surface area contributed by atoms with Crippen LogP contribution in [-0.2, 0) is 0 Å². The fourth-order valence-corrected chi connectivity index (χ4v) is 2.98. The zero-order valence-electron chi connectivity index (χ0n) is 13.7. The lowest BCUT2D eigenvalue weighted by atomic mass is 9.91. The summed E-state index contributed by atoms with van der Waals surface area (Å²) in [6.07, 6.45) is 6.72. The highest BCUT2D eigenvalue weighted by molar-refractivity contribution is 5.98. The Morgan fingerprint density at radius 2 is 2.04 bits per heavy atom. The highest BCUT2D eigenvalue weighted by Gasteiger charge is 2.22. The molecule has 8 heteroatoms. The quantitative estimate of drug-likeness (QED) is 0.660. The van der Waals surface area contributed by atoms with E-state index >= 15 is 0 Å². The van der Waals surface area contributed by atoms with Crippen LogP contribution in [0.4, 0.5) is 21.7 Å². The van der Waals surface area contributed by atoms with E-state index in [2.05, 4.69) is 20.6 Å². The second-order valence-electron chi connectivity index (χ2n) is 6.17. The van der Waals surface area contributed by atoms with Gasteiger partial charge in [0.25, 0.3) is 5.91 Å². The number of carbonyl (C=O) groups excluding carboxylic acids is 1. The predicted molar refractivity (Wildman–Crippen MR) is 94.1 cm³/mol. The topological polar surface area (TPSA) is 119 Å². The summed E-state index contributed by atoms with van der Waals surface area (Å²) in [4.78, 5) is 19.8. The average Bonchev–Trinajstić information content (AvgIpc) is 2.57. The molecular weight excluding hydrogens is 323 g/mol. The molecule has 6 N–H and O–H groups in total. The number of nitrogens with two attached hydrogens (primary N) is 2. The first-order chi connectivity index (χ1) is 12.0. The third-order valence-electron chi connectivity index (χ3n) is 4.28. The van der Waals surface area contributed by atoms with Crippen molar-refractivity contribution in [2.75, 3.05) is 10.6 Å². The van der Waals surface area contributed by atoms with Gasteiger partial charge in [0.05, 0.1) is 23.6 Å². The number of anilines is 3. The van der Waals surface area contributed by atoms with E-state index in [1.165, 1.54) is 12.3 Å². The minimum Gasteiger partial charge on any atom is -0.366 e. The van der Waals surface area contributed by atoms with Crippen LogP contribution in [0.1, 0.15) is 36.0 Å². The molecule has 7 nitrogen and oxygen atoms in total. The molecule has 25 heavy (non-hydrogen) atoms. The van der Waals surface area contributed by atoms with Crippen molar-refractivity contribution in [2.24, 2.45) is 11.5 Å². The normalized spacial score (nSPS) is 20.1. The third-order valence-corrected chi connectivity index (χ3v) is 4.28. The summed E-state index contributed by atoms with van der Waals surface area (Å²) in [6, 6.07) is 4.73. The van der Waals surface area contributed by atoms with Crippen LogP contribution >= 0.6 is 0 Å². The first kappa shape index (κ1) is 17.1. The van der Waals surface area contributed by atoms with Gasteiger partial charge in [0.2, 0.25) is 0 Å². The van der Waals surface area contributed by atoms with Gasteiger partial charge in [-0.25, -0.2) is 9.37 Å². The fourth-order valence-electron chi connectivity index (χ4n) is 2.98. The molecule has 1 aliphatic carbocycles. The summed E-state index contributed by atoms with van der Waals surface area (Å²) in [5.41, 5.74) is 12.1. The Labute approximate surface area is 145 Å². The number of hydrogen-bond acceptors (Lipinski definition) is 6. The van der Waals surface area contributed by atoms with Gasteiger partial charge in [-0.3, -0.25) is 9.78 Å². The lowest BCUT2D eigenvalue weighted by Gasteiger charge is -2.29. The second-order valence-corrected chi connectivity index (χ2v) is 6.17. The number of carbonyl (C=O) groups is 1.